The van der Waals surface area contributed by atoms with E-state index >= 15 is 0 Å². The average Bonchev–Trinajstić information content (AvgIpc) is 3.14. The van der Waals surface area contributed by atoms with Crippen LogP contribution in [0.5, 0.6) is 0 Å². The molecule has 0 aromatic heterocycles. The summed E-state index contributed by atoms with van der Waals surface area (Å²) in [6, 6.07) is 4.27. The van der Waals surface area contributed by atoms with Gasteiger partial charge >= 0.3 is 5.97 Å². The summed E-state index contributed by atoms with van der Waals surface area (Å²) < 4.78 is 0. The van der Waals surface area contributed by atoms with Crippen LogP contribution < -0.4 is 4.90 Å². The molecular weight excluding hydrogens is 330 g/mol. The number of benzene rings is 1. The molecule has 5 rings (SSSR count). The van der Waals surface area contributed by atoms with Gasteiger partial charge in [-0.1, -0.05) is 23.8 Å². The number of hydrogen-bond acceptors (Lipinski definition) is 3. The third kappa shape index (κ3) is 1.49. The number of allylic oxidation sites excluding steroid dienone is 2. The van der Waals surface area contributed by atoms with Crippen LogP contribution in [-0.2, 0) is 9.59 Å². The number of aromatic carboxylic acids is 1. The quantitative estimate of drug-likeness (QED) is 0.662. The normalized spacial score (nSPS) is 34.3. The van der Waals surface area contributed by atoms with E-state index in [2.05, 4.69) is 12.2 Å². The van der Waals surface area contributed by atoms with Gasteiger partial charge < -0.3 is 5.11 Å². The molecule has 4 atom stereocenters. The molecular formula is C18H14ClNO4. The van der Waals surface area contributed by atoms with Crippen molar-refractivity contribution in [2.45, 2.75) is 12.8 Å². The molecule has 2 saturated carbocycles. The monoisotopic (exact) mass is 343 g/mol. The van der Waals surface area contributed by atoms with E-state index in [4.69, 9.17) is 11.6 Å². The fourth-order valence-corrected chi connectivity index (χ4v) is 5.35. The highest BCUT2D eigenvalue weighted by Crippen LogP contribution is 2.73. The first-order chi connectivity index (χ1) is 11.5. The number of imide groups is 1. The minimum Gasteiger partial charge on any atom is -0.478 e. The number of carboxylic acid groups (broad SMARTS) is 1. The summed E-state index contributed by atoms with van der Waals surface area (Å²) in [6.07, 6.45) is 6.40. The Labute approximate surface area is 142 Å². The SMILES string of the molecule is O=C(O)c1cc(N2C(=O)[C@@H]3[C@@H](C2=O)[C@@H]2C=C[C@@H]3C23CC3)ccc1Cl. The number of rotatable bonds is 2. The molecule has 3 fully saturated rings. The van der Waals surface area contributed by atoms with Crippen LogP contribution in [0.2, 0.25) is 5.02 Å². The summed E-state index contributed by atoms with van der Waals surface area (Å²) in [5.74, 6) is -1.86. The lowest BCUT2D eigenvalue weighted by molar-refractivity contribution is -0.123. The lowest BCUT2D eigenvalue weighted by Crippen LogP contribution is -2.34. The van der Waals surface area contributed by atoms with Crippen molar-refractivity contribution in [2.75, 3.05) is 4.90 Å². The Morgan fingerprint density at radius 2 is 1.71 bits per heavy atom. The molecule has 1 spiro atoms. The molecule has 3 aliphatic carbocycles. The lowest BCUT2D eigenvalue weighted by atomic mass is 9.85. The summed E-state index contributed by atoms with van der Waals surface area (Å²) in [7, 11) is 0. The molecule has 4 aliphatic rings. The minimum atomic E-state index is -1.18. The van der Waals surface area contributed by atoms with Crippen molar-refractivity contribution >= 4 is 35.1 Å². The topological polar surface area (TPSA) is 74.7 Å². The Bertz CT molecular complexity index is 823. The second kappa shape index (κ2) is 4.28. The van der Waals surface area contributed by atoms with Crippen LogP contribution in [0.3, 0.4) is 0 Å². The van der Waals surface area contributed by atoms with Gasteiger partial charge in [0.2, 0.25) is 11.8 Å². The predicted molar refractivity (Wildman–Crippen MR) is 85.7 cm³/mol. The number of carbonyl (C=O) groups is 3. The summed E-state index contributed by atoms with van der Waals surface area (Å²) in [5, 5.41) is 9.30. The number of carboxylic acids is 1. The van der Waals surface area contributed by atoms with Crippen molar-refractivity contribution in [1.29, 1.82) is 0 Å². The van der Waals surface area contributed by atoms with E-state index in [0.29, 0.717) is 5.69 Å². The highest BCUT2D eigenvalue weighted by atomic mass is 35.5. The number of anilines is 1. The maximum Gasteiger partial charge on any atom is 0.337 e. The molecule has 2 amide bonds. The van der Waals surface area contributed by atoms with Crippen molar-refractivity contribution in [2.24, 2.45) is 29.1 Å². The molecule has 1 aromatic carbocycles. The summed E-state index contributed by atoms with van der Waals surface area (Å²) in [4.78, 5) is 38.4. The molecule has 1 heterocycles. The zero-order valence-corrected chi connectivity index (χ0v) is 13.4. The third-order valence-electron chi connectivity index (χ3n) is 6.29. The van der Waals surface area contributed by atoms with Gasteiger partial charge in [0.15, 0.2) is 0 Å². The second-order valence-electron chi connectivity index (χ2n) is 7.20. The molecule has 1 aromatic rings. The van der Waals surface area contributed by atoms with E-state index in [-0.39, 0.29) is 51.5 Å². The Kier molecular flexibility index (Phi) is 2.53. The third-order valence-corrected chi connectivity index (χ3v) is 6.62. The van der Waals surface area contributed by atoms with Gasteiger partial charge in [0.1, 0.15) is 0 Å². The second-order valence-corrected chi connectivity index (χ2v) is 7.61. The van der Waals surface area contributed by atoms with Crippen molar-refractivity contribution in [3.8, 4) is 0 Å². The highest BCUT2D eigenvalue weighted by molar-refractivity contribution is 6.34. The number of fused-ring (bicyclic) bond motifs is 3. The molecule has 1 aliphatic heterocycles. The largest absolute Gasteiger partial charge is 0.478 e. The van der Waals surface area contributed by atoms with E-state index in [1.54, 1.807) is 0 Å². The van der Waals surface area contributed by atoms with Gasteiger partial charge in [-0.15, -0.1) is 0 Å². The predicted octanol–water partition coefficient (Wildman–Crippen LogP) is 2.74. The van der Waals surface area contributed by atoms with Crippen LogP contribution in [0, 0.1) is 29.1 Å². The number of halogens is 1. The van der Waals surface area contributed by atoms with Crippen LogP contribution in [0.25, 0.3) is 0 Å². The first-order valence-electron chi connectivity index (χ1n) is 8.05. The maximum atomic E-state index is 13.0. The van der Waals surface area contributed by atoms with Crippen LogP contribution in [0.15, 0.2) is 30.4 Å². The number of carbonyl (C=O) groups excluding carboxylic acids is 2. The standard InChI is InChI=1S/C18H14ClNO4/c19-12-4-1-8(7-9(12)17(23)24)20-15(21)13-10-2-3-11(14(13)16(20)22)18(10)5-6-18/h1-4,7,10-11,13-14H,5-6H2,(H,23,24)/t10-,11-,13-,14-/m0/s1. The summed E-state index contributed by atoms with van der Waals surface area (Å²) in [6.45, 7) is 0. The fraction of sp³-hybridized carbons (Fsp3) is 0.389. The highest BCUT2D eigenvalue weighted by Gasteiger charge is 2.73. The van der Waals surface area contributed by atoms with Crippen molar-refractivity contribution in [3.05, 3.63) is 40.9 Å². The van der Waals surface area contributed by atoms with Crippen molar-refractivity contribution in [1.82, 2.24) is 0 Å². The Hall–Kier alpha value is -2.14. The van der Waals surface area contributed by atoms with E-state index in [9.17, 15) is 19.5 Å². The molecule has 1 saturated heterocycles. The number of amides is 2. The Morgan fingerprint density at radius 1 is 1.12 bits per heavy atom. The first kappa shape index (κ1) is 14.2. The van der Waals surface area contributed by atoms with E-state index < -0.39 is 5.97 Å². The van der Waals surface area contributed by atoms with Gasteiger partial charge in [0, 0.05) is 0 Å². The summed E-state index contributed by atoms with van der Waals surface area (Å²) >= 11 is 5.89. The molecule has 122 valence electrons. The molecule has 0 unspecified atom stereocenters. The fourth-order valence-electron chi connectivity index (χ4n) is 5.15. The van der Waals surface area contributed by atoms with Crippen molar-refractivity contribution < 1.29 is 19.5 Å². The van der Waals surface area contributed by atoms with Crippen LogP contribution in [0.1, 0.15) is 23.2 Å². The van der Waals surface area contributed by atoms with Gasteiger partial charge in [-0.05, 0) is 48.3 Å². The van der Waals surface area contributed by atoms with Crippen LogP contribution >= 0.6 is 11.6 Å². The molecule has 5 nitrogen and oxygen atoms in total. The maximum absolute atomic E-state index is 13.0. The first-order valence-corrected chi connectivity index (χ1v) is 8.42. The van der Waals surface area contributed by atoms with Crippen LogP contribution in [-0.4, -0.2) is 22.9 Å². The van der Waals surface area contributed by atoms with E-state index in [1.807, 2.05) is 0 Å². The van der Waals surface area contributed by atoms with Gasteiger partial charge in [-0.3, -0.25) is 9.59 Å². The number of hydrogen-bond donors (Lipinski definition) is 1. The average molecular weight is 344 g/mol. The molecule has 1 N–H and O–H groups in total. The Morgan fingerprint density at radius 3 is 2.21 bits per heavy atom. The molecule has 2 bridgehead atoms. The van der Waals surface area contributed by atoms with Gasteiger partial charge in [0.25, 0.3) is 0 Å². The molecule has 24 heavy (non-hydrogen) atoms. The number of nitrogens with zero attached hydrogens (tertiary/aromatic N) is 1. The smallest absolute Gasteiger partial charge is 0.337 e. The van der Waals surface area contributed by atoms with E-state index in [1.165, 1.54) is 23.1 Å². The minimum absolute atomic E-state index is 0.0872. The van der Waals surface area contributed by atoms with Gasteiger partial charge in [0.05, 0.1) is 28.1 Å². The molecule has 0 radical (unpaired) electrons. The molecule has 6 heteroatoms. The van der Waals surface area contributed by atoms with Gasteiger partial charge in [-0.2, -0.15) is 0 Å². The summed E-state index contributed by atoms with van der Waals surface area (Å²) in [5.41, 5.74) is 0.343. The lowest BCUT2D eigenvalue weighted by Gasteiger charge is -2.22. The Balaban J connectivity index is 1.56. The zero-order valence-electron chi connectivity index (χ0n) is 12.6. The van der Waals surface area contributed by atoms with E-state index in [0.717, 1.165) is 12.8 Å². The van der Waals surface area contributed by atoms with Gasteiger partial charge in [-0.25, -0.2) is 9.69 Å². The van der Waals surface area contributed by atoms with Crippen LogP contribution in [0.4, 0.5) is 5.69 Å². The zero-order chi connectivity index (χ0) is 16.8. The van der Waals surface area contributed by atoms with Crippen molar-refractivity contribution in [3.63, 3.8) is 0 Å².